The second-order valence-electron chi connectivity index (χ2n) is 8.34. The molecule has 184 valence electrons. The number of para-hydroxylation sites is 2. The van der Waals surface area contributed by atoms with Crippen molar-refractivity contribution in [2.24, 2.45) is 7.05 Å². The third-order valence-corrected chi connectivity index (χ3v) is 6.59. The number of amides is 1. The maximum atomic E-state index is 13.5. The van der Waals surface area contributed by atoms with E-state index in [2.05, 4.69) is 5.32 Å². The number of hydrogen-bond donors (Lipinski definition) is 1. The summed E-state index contributed by atoms with van der Waals surface area (Å²) < 4.78 is 7.32. The molecule has 0 bridgehead atoms. The van der Waals surface area contributed by atoms with Crippen molar-refractivity contribution in [3.8, 4) is 16.9 Å². The number of esters is 1. The highest BCUT2D eigenvalue weighted by molar-refractivity contribution is 6.40. The molecule has 0 aliphatic carbocycles. The lowest BCUT2D eigenvalue weighted by Crippen LogP contribution is -2.22. The molecule has 3 aromatic carbocycles. The van der Waals surface area contributed by atoms with Gasteiger partial charge in [-0.3, -0.25) is 14.4 Å². The number of rotatable bonds is 6. The average Bonchev–Trinajstić information content (AvgIpc) is 2.84. The van der Waals surface area contributed by atoms with Gasteiger partial charge in [-0.15, -0.1) is 0 Å². The second-order valence-corrected chi connectivity index (χ2v) is 9.15. The largest absolute Gasteiger partial charge is 0.424 e. The smallest absolute Gasteiger partial charge is 0.311 e. The standard InChI is InChI=1S/C28H24Cl2N2O4/c1-4-9-23(33)36-26-18(24-16(2)17-10-5-6-15-22(17)32(3)28(24)35)11-7-14-21(26)31-27(34)25-19(29)12-8-13-20(25)30/h5-8,10-15H,4,9H2,1-3H3,(H,31,34). The summed E-state index contributed by atoms with van der Waals surface area (Å²) in [4.78, 5) is 39.3. The van der Waals surface area contributed by atoms with Crippen LogP contribution in [0.3, 0.4) is 0 Å². The van der Waals surface area contributed by atoms with Gasteiger partial charge in [-0.25, -0.2) is 0 Å². The number of halogens is 2. The van der Waals surface area contributed by atoms with E-state index in [4.69, 9.17) is 27.9 Å². The first-order valence-corrected chi connectivity index (χ1v) is 12.2. The van der Waals surface area contributed by atoms with Gasteiger partial charge in [0.2, 0.25) is 0 Å². The van der Waals surface area contributed by atoms with Crippen LogP contribution in [0.25, 0.3) is 22.0 Å². The number of pyridine rings is 1. The minimum absolute atomic E-state index is 0.0861. The van der Waals surface area contributed by atoms with Crippen LogP contribution in [0.2, 0.25) is 10.0 Å². The van der Waals surface area contributed by atoms with Crippen molar-refractivity contribution in [2.75, 3.05) is 5.32 Å². The Labute approximate surface area is 218 Å². The molecule has 1 heterocycles. The van der Waals surface area contributed by atoms with Gasteiger partial charge in [0, 0.05) is 24.4 Å². The van der Waals surface area contributed by atoms with Crippen LogP contribution < -0.4 is 15.6 Å². The van der Waals surface area contributed by atoms with E-state index in [0.717, 1.165) is 16.5 Å². The van der Waals surface area contributed by atoms with Gasteiger partial charge in [0.1, 0.15) is 0 Å². The monoisotopic (exact) mass is 522 g/mol. The minimum Gasteiger partial charge on any atom is -0.424 e. The Morgan fingerprint density at radius 2 is 1.64 bits per heavy atom. The van der Waals surface area contributed by atoms with Crippen molar-refractivity contribution in [3.05, 3.63) is 92.2 Å². The molecule has 0 fully saturated rings. The first kappa shape index (κ1) is 25.5. The first-order valence-electron chi connectivity index (χ1n) is 11.4. The number of ether oxygens (including phenoxy) is 1. The number of carbonyl (C=O) groups excluding carboxylic acids is 2. The van der Waals surface area contributed by atoms with Crippen LogP contribution in [-0.4, -0.2) is 16.4 Å². The van der Waals surface area contributed by atoms with E-state index >= 15 is 0 Å². The van der Waals surface area contributed by atoms with Gasteiger partial charge in [0.15, 0.2) is 5.75 Å². The van der Waals surface area contributed by atoms with Crippen molar-refractivity contribution in [1.82, 2.24) is 4.57 Å². The third kappa shape index (κ3) is 4.74. The fourth-order valence-electron chi connectivity index (χ4n) is 4.18. The highest BCUT2D eigenvalue weighted by atomic mass is 35.5. The summed E-state index contributed by atoms with van der Waals surface area (Å²) in [5, 5.41) is 4.01. The molecule has 0 atom stereocenters. The van der Waals surface area contributed by atoms with Gasteiger partial charge in [-0.1, -0.05) is 66.5 Å². The van der Waals surface area contributed by atoms with E-state index in [0.29, 0.717) is 17.5 Å². The Kier molecular flexibility index (Phi) is 7.48. The number of aromatic nitrogens is 1. The highest BCUT2D eigenvalue weighted by Gasteiger charge is 2.23. The zero-order valence-electron chi connectivity index (χ0n) is 20.0. The maximum absolute atomic E-state index is 13.5. The minimum atomic E-state index is -0.571. The Hall–Kier alpha value is -3.61. The molecule has 0 unspecified atom stereocenters. The molecule has 0 saturated carbocycles. The van der Waals surface area contributed by atoms with Crippen LogP contribution in [0.5, 0.6) is 5.75 Å². The van der Waals surface area contributed by atoms with Gasteiger partial charge >= 0.3 is 5.97 Å². The van der Waals surface area contributed by atoms with E-state index in [1.807, 2.05) is 38.1 Å². The fraction of sp³-hybridized carbons (Fsp3) is 0.179. The number of fused-ring (bicyclic) bond motifs is 1. The van der Waals surface area contributed by atoms with E-state index in [1.54, 1.807) is 48.0 Å². The zero-order chi connectivity index (χ0) is 26.0. The van der Waals surface area contributed by atoms with Gasteiger partial charge in [0.05, 0.1) is 32.4 Å². The van der Waals surface area contributed by atoms with Crippen molar-refractivity contribution in [3.63, 3.8) is 0 Å². The summed E-state index contributed by atoms with van der Waals surface area (Å²) in [6, 6.07) is 17.3. The average molecular weight is 523 g/mol. The number of benzene rings is 3. The summed E-state index contributed by atoms with van der Waals surface area (Å²) in [5.74, 6) is -0.965. The van der Waals surface area contributed by atoms with Crippen LogP contribution in [-0.2, 0) is 11.8 Å². The summed E-state index contributed by atoms with van der Waals surface area (Å²) in [6.07, 6.45) is 0.751. The lowest BCUT2D eigenvalue weighted by atomic mass is 9.96. The number of nitrogens with one attached hydrogen (secondary N) is 1. The molecular weight excluding hydrogens is 499 g/mol. The SMILES string of the molecule is CCCC(=O)Oc1c(NC(=O)c2c(Cl)cccc2Cl)cccc1-c1c(C)c2ccccc2n(C)c1=O. The summed E-state index contributed by atoms with van der Waals surface area (Å²) in [7, 11) is 1.70. The number of carbonyl (C=O) groups is 2. The predicted octanol–water partition coefficient (Wildman–Crippen LogP) is 6.78. The molecule has 36 heavy (non-hydrogen) atoms. The zero-order valence-corrected chi connectivity index (χ0v) is 21.5. The number of hydrogen-bond acceptors (Lipinski definition) is 4. The number of nitrogens with zero attached hydrogens (tertiary/aromatic N) is 1. The first-order chi connectivity index (χ1) is 17.2. The van der Waals surface area contributed by atoms with E-state index < -0.39 is 11.9 Å². The normalized spacial score (nSPS) is 10.9. The Morgan fingerprint density at radius 1 is 0.972 bits per heavy atom. The van der Waals surface area contributed by atoms with Crippen molar-refractivity contribution < 1.29 is 14.3 Å². The number of aryl methyl sites for hydroxylation is 2. The Bertz CT molecular complexity index is 1540. The van der Waals surface area contributed by atoms with Gasteiger partial charge < -0.3 is 14.6 Å². The molecule has 0 aliphatic rings. The molecule has 1 amide bonds. The Balaban J connectivity index is 1.93. The van der Waals surface area contributed by atoms with E-state index in [9.17, 15) is 14.4 Å². The summed E-state index contributed by atoms with van der Waals surface area (Å²) in [5.41, 5.74) is 2.35. The topological polar surface area (TPSA) is 77.4 Å². The van der Waals surface area contributed by atoms with Crippen LogP contribution >= 0.6 is 23.2 Å². The highest BCUT2D eigenvalue weighted by Crippen LogP contribution is 2.39. The van der Waals surface area contributed by atoms with Gasteiger partial charge in [-0.2, -0.15) is 0 Å². The molecule has 0 saturated heterocycles. The lowest BCUT2D eigenvalue weighted by Gasteiger charge is -2.19. The molecule has 0 aliphatic heterocycles. The van der Waals surface area contributed by atoms with Crippen molar-refractivity contribution >= 4 is 51.7 Å². The van der Waals surface area contributed by atoms with Crippen molar-refractivity contribution in [1.29, 1.82) is 0 Å². The molecule has 6 nitrogen and oxygen atoms in total. The van der Waals surface area contributed by atoms with E-state index in [1.165, 1.54) is 0 Å². The predicted molar refractivity (Wildman–Crippen MR) is 144 cm³/mol. The molecule has 0 spiro atoms. The fourth-order valence-corrected chi connectivity index (χ4v) is 4.75. The van der Waals surface area contributed by atoms with Crippen LogP contribution in [0, 0.1) is 6.92 Å². The van der Waals surface area contributed by atoms with Gasteiger partial charge in [-0.05, 0) is 43.2 Å². The molecule has 1 aromatic heterocycles. The van der Waals surface area contributed by atoms with Crippen LogP contribution in [0.15, 0.2) is 65.5 Å². The molecular formula is C28H24Cl2N2O4. The molecule has 1 N–H and O–H groups in total. The number of anilines is 1. The molecule has 8 heteroatoms. The van der Waals surface area contributed by atoms with Crippen LogP contribution in [0.4, 0.5) is 5.69 Å². The second kappa shape index (κ2) is 10.6. The van der Waals surface area contributed by atoms with Crippen LogP contribution in [0.1, 0.15) is 35.7 Å². The lowest BCUT2D eigenvalue weighted by molar-refractivity contribution is -0.134. The molecule has 4 rings (SSSR count). The molecule has 0 radical (unpaired) electrons. The van der Waals surface area contributed by atoms with Gasteiger partial charge in [0.25, 0.3) is 11.5 Å². The third-order valence-electron chi connectivity index (χ3n) is 5.96. The quantitative estimate of drug-likeness (QED) is 0.223. The summed E-state index contributed by atoms with van der Waals surface area (Å²) >= 11 is 12.4. The van der Waals surface area contributed by atoms with E-state index in [-0.39, 0.29) is 39.0 Å². The van der Waals surface area contributed by atoms with Crippen molar-refractivity contribution in [2.45, 2.75) is 26.7 Å². The summed E-state index contributed by atoms with van der Waals surface area (Å²) in [6.45, 7) is 3.71. The molecule has 4 aromatic rings. The maximum Gasteiger partial charge on any atom is 0.311 e. The Morgan fingerprint density at radius 3 is 2.33 bits per heavy atom.